The molecule has 2 aromatic rings. The molecular formula is C17H24ClN3O. The van der Waals surface area contributed by atoms with E-state index in [-0.39, 0.29) is 0 Å². The van der Waals surface area contributed by atoms with Crippen LogP contribution in [0.3, 0.4) is 0 Å². The van der Waals surface area contributed by atoms with Gasteiger partial charge >= 0.3 is 0 Å². The molecule has 1 aromatic heterocycles. The van der Waals surface area contributed by atoms with Crippen LogP contribution in [-0.4, -0.2) is 42.0 Å². The molecule has 0 amide bonds. The maximum absolute atomic E-state index is 6.53. The number of rotatable bonds is 8. The molecule has 22 heavy (non-hydrogen) atoms. The van der Waals surface area contributed by atoms with E-state index in [9.17, 15) is 0 Å². The van der Waals surface area contributed by atoms with Gasteiger partial charge in [-0.15, -0.1) is 0 Å². The van der Waals surface area contributed by atoms with Crippen LogP contribution in [-0.2, 0) is 17.8 Å². The number of hydrogen-bond donors (Lipinski definition) is 0. The van der Waals surface area contributed by atoms with Crippen molar-refractivity contribution in [1.82, 2.24) is 14.7 Å². The molecule has 0 spiro atoms. The Bertz CT molecular complexity index is 583. The van der Waals surface area contributed by atoms with Crippen LogP contribution in [0.4, 0.5) is 0 Å². The maximum atomic E-state index is 6.53. The van der Waals surface area contributed by atoms with E-state index < -0.39 is 0 Å². The fourth-order valence-electron chi connectivity index (χ4n) is 2.46. The Morgan fingerprint density at radius 1 is 1.27 bits per heavy atom. The number of aryl methyl sites for hydroxylation is 1. The van der Waals surface area contributed by atoms with Gasteiger partial charge in [0.05, 0.1) is 12.2 Å². The monoisotopic (exact) mass is 321 g/mol. The summed E-state index contributed by atoms with van der Waals surface area (Å²) in [7, 11) is 3.83. The number of halogens is 1. The van der Waals surface area contributed by atoms with Crippen molar-refractivity contribution in [2.24, 2.45) is 0 Å². The second-order valence-corrected chi connectivity index (χ2v) is 5.94. The Balaban J connectivity index is 2.03. The number of nitrogens with zero attached hydrogens (tertiary/aromatic N) is 3. The van der Waals surface area contributed by atoms with Crippen molar-refractivity contribution in [3.63, 3.8) is 0 Å². The van der Waals surface area contributed by atoms with E-state index in [1.54, 1.807) is 7.11 Å². The Hall–Kier alpha value is -1.36. The van der Waals surface area contributed by atoms with Gasteiger partial charge in [-0.3, -0.25) is 0 Å². The van der Waals surface area contributed by atoms with Gasteiger partial charge < -0.3 is 9.64 Å². The normalized spacial score (nSPS) is 11.3. The zero-order valence-electron chi connectivity index (χ0n) is 13.6. The number of hydrogen-bond acceptors (Lipinski definition) is 3. The molecule has 0 N–H and O–H groups in total. The van der Waals surface area contributed by atoms with E-state index >= 15 is 0 Å². The Labute approximate surface area is 137 Å². The van der Waals surface area contributed by atoms with Crippen molar-refractivity contribution in [2.45, 2.75) is 26.4 Å². The van der Waals surface area contributed by atoms with E-state index in [0.29, 0.717) is 6.54 Å². The van der Waals surface area contributed by atoms with Crippen LogP contribution in [0.2, 0.25) is 5.15 Å². The molecule has 0 unspecified atom stereocenters. The highest BCUT2D eigenvalue weighted by Gasteiger charge is 2.15. The zero-order valence-corrected chi connectivity index (χ0v) is 14.3. The second-order valence-electron chi connectivity index (χ2n) is 5.58. The van der Waals surface area contributed by atoms with Gasteiger partial charge in [0.2, 0.25) is 0 Å². The van der Waals surface area contributed by atoms with Crippen molar-refractivity contribution in [1.29, 1.82) is 0 Å². The molecule has 120 valence electrons. The Morgan fingerprint density at radius 2 is 2.00 bits per heavy atom. The first-order valence-corrected chi connectivity index (χ1v) is 7.92. The van der Waals surface area contributed by atoms with Crippen LogP contribution in [0.15, 0.2) is 30.3 Å². The molecule has 0 atom stereocenters. The van der Waals surface area contributed by atoms with Gasteiger partial charge in [0.15, 0.2) is 0 Å². The van der Waals surface area contributed by atoms with Crippen molar-refractivity contribution in [3.8, 4) is 0 Å². The van der Waals surface area contributed by atoms with Gasteiger partial charge in [0, 0.05) is 32.4 Å². The molecule has 0 saturated carbocycles. The quantitative estimate of drug-likeness (QED) is 0.698. The van der Waals surface area contributed by atoms with Crippen LogP contribution in [0.5, 0.6) is 0 Å². The van der Waals surface area contributed by atoms with Gasteiger partial charge in [-0.25, -0.2) is 4.68 Å². The van der Waals surface area contributed by atoms with Crippen LogP contribution < -0.4 is 0 Å². The average molecular weight is 322 g/mol. The van der Waals surface area contributed by atoms with Gasteiger partial charge in [-0.2, -0.15) is 5.10 Å². The average Bonchev–Trinajstić information content (AvgIpc) is 2.76. The maximum Gasteiger partial charge on any atom is 0.132 e. The summed E-state index contributed by atoms with van der Waals surface area (Å²) >= 11 is 6.53. The molecule has 1 heterocycles. The van der Waals surface area contributed by atoms with E-state index in [1.165, 1.54) is 5.56 Å². The molecule has 0 radical (unpaired) electrons. The van der Waals surface area contributed by atoms with Crippen LogP contribution in [0.25, 0.3) is 0 Å². The first kappa shape index (κ1) is 17.0. The predicted molar refractivity (Wildman–Crippen MR) is 90.3 cm³/mol. The Kier molecular flexibility index (Phi) is 6.43. The third-order valence-corrected chi connectivity index (χ3v) is 4.10. The Morgan fingerprint density at radius 3 is 2.68 bits per heavy atom. The van der Waals surface area contributed by atoms with E-state index in [4.69, 9.17) is 16.3 Å². The van der Waals surface area contributed by atoms with Crippen molar-refractivity contribution in [3.05, 3.63) is 52.3 Å². The number of ether oxygens (including phenoxy) is 1. The third-order valence-electron chi connectivity index (χ3n) is 3.67. The molecule has 5 heteroatoms. The van der Waals surface area contributed by atoms with Crippen molar-refractivity contribution < 1.29 is 4.74 Å². The summed E-state index contributed by atoms with van der Waals surface area (Å²) in [5.41, 5.74) is 3.31. The van der Waals surface area contributed by atoms with Gasteiger partial charge in [0.25, 0.3) is 0 Å². The SMILES string of the molecule is COCCCN(C)Cc1c(C)nn(Cc2ccccc2)c1Cl. The molecule has 2 rings (SSSR count). The number of benzene rings is 1. The summed E-state index contributed by atoms with van der Waals surface area (Å²) in [4.78, 5) is 2.25. The van der Waals surface area contributed by atoms with Gasteiger partial charge in [-0.1, -0.05) is 41.9 Å². The van der Waals surface area contributed by atoms with Crippen LogP contribution >= 0.6 is 11.6 Å². The topological polar surface area (TPSA) is 30.3 Å². The molecule has 0 aliphatic carbocycles. The summed E-state index contributed by atoms with van der Waals surface area (Å²) in [6.07, 6.45) is 1.02. The lowest BCUT2D eigenvalue weighted by Crippen LogP contribution is -2.20. The first-order chi connectivity index (χ1) is 10.6. The minimum absolute atomic E-state index is 0.702. The fraction of sp³-hybridized carbons (Fsp3) is 0.471. The first-order valence-electron chi connectivity index (χ1n) is 7.55. The van der Waals surface area contributed by atoms with E-state index in [1.807, 2.05) is 29.8 Å². The molecule has 1 aromatic carbocycles. The van der Waals surface area contributed by atoms with Crippen molar-refractivity contribution in [2.75, 3.05) is 27.3 Å². The smallest absolute Gasteiger partial charge is 0.132 e. The lowest BCUT2D eigenvalue weighted by Gasteiger charge is -2.16. The summed E-state index contributed by atoms with van der Waals surface area (Å²) < 4.78 is 6.97. The molecule has 0 bridgehead atoms. The molecule has 0 aliphatic heterocycles. The summed E-state index contributed by atoms with van der Waals surface area (Å²) in [5, 5.41) is 5.32. The van der Waals surface area contributed by atoms with E-state index in [0.717, 1.165) is 42.5 Å². The van der Waals surface area contributed by atoms with Gasteiger partial charge in [0.1, 0.15) is 5.15 Å². The summed E-state index contributed by atoms with van der Waals surface area (Å²) in [6, 6.07) is 10.3. The number of aromatic nitrogens is 2. The minimum atomic E-state index is 0.702. The third kappa shape index (κ3) is 4.57. The summed E-state index contributed by atoms with van der Waals surface area (Å²) in [6.45, 7) is 5.29. The molecule has 0 aliphatic rings. The molecule has 0 saturated heterocycles. The molecule has 0 fully saturated rings. The largest absolute Gasteiger partial charge is 0.385 e. The van der Waals surface area contributed by atoms with E-state index in [2.05, 4.69) is 29.2 Å². The lowest BCUT2D eigenvalue weighted by molar-refractivity contribution is 0.178. The molecule has 4 nitrogen and oxygen atoms in total. The zero-order chi connectivity index (χ0) is 15.9. The fourth-order valence-corrected chi connectivity index (χ4v) is 2.75. The predicted octanol–water partition coefficient (Wildman–Crippen LogP) is 3.36. The standard InChI is InChI=1S/C17H24ClN3O/c1-14-16(13-20(2)10-7-11-22-3)17(18)21(19-14)12-15-8-5-4-6-9-15/h4-6,8-9H,7,10-13H2,1-3H3. The highest BCUT2D eigenvalue weighted by molar-refractivity contribution is 6.30. The van der Waals surface area contributed by atoms with Gasteiger partial charge in [-0.05, 0) is 26.0 Å². The second kappa shape index (κ2) is 8.32. The molecular weight excluding hydrogens is 298 g/mol. The lowest BCUT2D eigenvalue weighted by atomic mass is 10.2. The van der Waals surface area contributed by atoms with Crippen LogP contribution in [0.1, 0.15) is 23.2 Å². The highest BCUT2D eigenvalue weighted by atomic mass is 35.5. The highest BCUT2D eigenvalue weighted by Crippen LogP contribution is 2.22. The number of methoxy groups -OCH3 is 1. The minimum Gasteiger partial charge on any atom is -0.385 e. The summed E-state index contributed by atoms with van der Waals surface area (Å²) in [5.74, 6) is 0. The van der Waals surface area contributed by atoms with Crippen molar-refractivity contribution >= 4 is 11.6 Å². The van der Waals surface area contributed by atoms with Crippen LogP contribution in [0, 0.1) is 6.92 Å².